The lowest BCUT2D eigenvalue weighted by atomic mass is 9.95. The molecule has 4 aromatic rings. The number of nitrogens with zero attached hydrogens (tertiary/aromatic N) is 4. The number of piperazine rings is 1. The van der Waals surface area contributed by atoms with Gasteiger partial charge in [0, 0.05) is 43.5 Å². The van der Waals surface area contributed by atoms with Crippen molar-refractivity contribution in [3.8, 4) is 22.9 Å². The van der Waals surface area contributed by atoms with Gasteiger partial charge in [0.1, 0.15) is 24.3 Å². The highest BCUT2D eigenvalue weighted by Crippen LogP contribution is 2.41. The summed E-state index contributed by atoms with van der Waals surface area (Å²) in [6.45, 7) is 3.64. The van der Waals surface area contributed by atoms with Gasteiger partial charge in [0.05, 0.1) is 11.1 Å². The molecule has 4 aliphatic rings. The minimum Gasteiger partial charge on any atom is -0.508 e. The number of hydrogen-bond acceptors (Lipinski definition) is 7. The Bertz CT molecular complexity index is 1600. The maximum atomic E-state index is 14.4. The van der Waals surface area contributed by atoms with E-state index in [4.69, 9.17) is 14.7 Å². The number of aromatic nitrogens is 2. The number of rotatable bonds is 5. The molecule has 4 fully saturated rings. The molecule has 2 bridgehead atoms. The Morgan fingerprint density at radius 1 is 1.00 bits per heavy atom. The van der Waals surface area contributed by atoms with Gasteiger partial charge in [0.2, 0.25) is 0 Å². The minimum absolute atomic E-state index is 0.237. The van der Waals surface area contributed by atoms with E-state index in [0.717, 1.165) is 71.1 Å². The molecule has 7 nitrogen and oxygen atoms in total. The number of alkyl halides is 1. The number of fused-ring (bicyclic) bond motifs is 5. The molecule has 40 heavy (non-hydrogen) atoms. The minimum atomic E-state index is -0.798. The zero-order valence-corrected chi connectivity index (χ0v) is 22.5. The van der Waals surface area contributed by atoms with Gasteiger partial charge in [-0.25, -0.2) is 4.39 Å². The van der Waals surface area contributed by atoms with Crippen molar-refractivity contribution < 1.29 is 14.2 Å². The second-order valence-electron chi connectivity index (χ2n) is 12.2. The van der Waals surface area contributed by atoms with Crippen molar-refractivity contribution in [1.29, 1.82) is 0 Å². The SMILES string of the molecule is Oc1cc(-c2ccc3c(N4C[C@H]5CC[C@@H](C4)N5)nc(OC[C@@]45CCCN4C[C@H](F)C5)nc3c2)c2ccccc2c1. The summed E-state index contributed by atoms with van der Waals surface area (Å²) in [7, 11) is 0. The lowest BCUT2D eigenvalue weighted by Gasteiger charge is -2.34. The molecule has 0 radical (unpaired) electrons. The van der Waals surface area contributed by atoms with E-state index in [1.54, 1.807) is 6.07 Å². The van der Waals surface area contributed by atoms with Crippen LogP contribution < -0.4 is 15.0 Å². The Balaban J connectivity index is 1.21. The zero-order chi connectivity index (χ0) is 26.8. The van der Waals surface area contributed by atoms with Crippen LogP contribution in [0.25, 0.3) is 32.8 Å². The summed E-state index contributed by atoms with van der Waals surface area (Å²) in [5.74, 6) is 1.14. The smallest absolute Gasteiger partial charge is 0.319 e. The number of anilines is 1. The molecule has 0 aliphatic carbocycles. The number of phenols is 1. The molecular formula is C32H34FN5O2. The summed E-state index contributed by atoms with van der Waals surface area (Å²) in [6, 6.07) is 19.3. The molecule has 5 heterocycles. The molecule has 0 saturated carbocycles. The van der Waals surface area contributed by atoms with E-state index in [9.17, 15) is 9.50 Å². The average Bonchev–Trinajstić information content (AvgIpc) is 3.60. The average molecular weight is 540 g/mol. The fraction of sp³-hybridized carbons (Fsp3) is 0.438. The van der Waals surface area contributed by atoms with E-state index in [0.29, 0.717) is 37.7 Å². The molecule has 0 unspecified atom stereocenters. The third-order valence-electron chi connectivity index (χ3n) is 9.56. The van der Waals surface area contributed by atoms with Crippen molar-refractivity contribution >= 4 is 27.5 Å². The number of aromatic hydroxyl groups is 1. The highest BCUT2D eigenvalue weighted by Gasteiger charge is 2.49. The van der Waals surface area contributed by atoms with Crippen LogP contribution in [0, 0.1) is 0 Å². The van der Waals surface area contributed by atoms with Gasteiger partial charge in [-0.05, 0) is 78.4 Å². The van der Waals surface area contributed by atoms with Crippen LogP contribution in [-0.4, -0.2) is 76.6 Å². The first-order valence-electron chi connectivity index (χ1n) is 14.6. The molecular weight excluding hydrogens is 505 g/mol. The monoisotopic (exact) mass is 539 g/mol. The van der Waals surface area contributed by atoms with Gasteiger partial charge in [-0.3, -0.25) is 4.90 Å². The molecule has 2 N–H and O–H groups in total. The molecule has 0 spiro atoms. The summed E-state index contributed by atoms with van der Waals surface area (Å²) >= 11 is 0. The van der Waals surface area contributed by atoms with Crippen molar-refractivity contribution in [2.24, 2.45) is 0 Å². The van der Waals surface area contributed by atoms with Gasteiger partial charge in [0.15, 0.2) is 0 Å². The third kappa shape index (κ3) is 4.08. The molecule has 4 aliphatic heterocycles. The van der Waals surface area contributed by atoms with E-state index in [1.807, 2.05) is 24.3 Å². The second kappa shape index (κ2) is 9.28. The standard InChI is InChI=1S/C32H34FN5O2/c33-22-15-32(10-3-11-38(32)16-22)19-40-31-35-29-13-21(28-14-25(39)12-20-4-1-2-5-26(20)28)6-9-27(29)30(36-31)37-17-23-7-8-24(18-37)34-23/h1-2,4-6,9,12-14,22-24,34,39H,3,7-8,10-11,15-19H2/t22-,23-,24+,32+/m1/s1. The zero-order valence-electron chi connectivity index (χ0n) is 22.5. The Kier molecular flexibility index (Phi) is 5.64. The molecule has 8 heteroatoms. The molecule has 4 saturated heterocycles. The summed E-state index contributed by atoms with van der Waals surface area (Å²) in [5, 5.41) is 17.3. The van der Waals surface area contributed by atoms with E-state index in [2.05, 4.69) is 39.4 Å². The molecule has 206 valence electrons. The summed E-state index contributed by atoms with van der Waals surface area (Å²) in [6.07, 6.45) is 4.11. The van der Waals surface area contributed by atoms with Gasteiger partial charge in [0.25, 0.3) is 0 Å². The number of nitrogens with one attached hydrogen (secondary N) is 1. The Morgan fingerprint density at radius 3 is 2.73 bits per heavy atom. The molecule has 1 aromatic heterocycles. The highest BCUT2D eigenvalue weighted by molar-refractivity contribution is 6.00. The van der Waals surface area contributed by atoms with Crippen molar-refractivity contribution in [1.82, 2.24) is 20.2 Å². The number of hydrogen-bond donors (Lipinski definition) is 2. The maximum Gasteiger partial charge on any atom is 0.319 e. The van der Waals surface area contributed by atoms with Crippen molar-refractivity contribution in [2.45, 2.75) is 55.9 Å². The third-order valence-corrected chi connectivity index (χ3v) is 9.56. The van der Waals surface area contributed by atoms with E-state index in [1.165, 1.54) is 12.8 Å². The number of phenolic OH excluding ortho intramolecular Hbond substituents is 1. The van der Waals surface area contributed by atoms with Crippen LogP contribution in [0.5, 0.6) is 11.8 Å². The van der Waals surface area contributed by atoms with E-state index < -0.39 is 6.17 Å². The van der Waals surface area contributed by atoms with Crippen molar-refractivity contribution in [3.05, 3.63) is 54.6 Å². The highest BCUT2D eigenvalue weighted by atomic mass is 19.1. The largest absolute Gasteiger partial charge is 0.508 e. The number of benzene rings is 3. The Labute approximate surface area is 233 Å². The van der Waals surface area contributed by atoms with Crippen LogP contribution in [0.4, 0.5) is 10.2 Å². The van der Waals surface area contributed by atoms with Crippen LogP contribution in [0.1, 0.15) is 32.1 Å². The lowest BCUT2D eigenvalue weighted by molar-refractivity contribution is 0.107. The Hall–Kier alpha value is -3.49. The second-order valence-corrected chi connectivity index (χ2v) is 12.2. The number of ether oxygens (including phenoxy) is 1. The Morgan fingerprint density at radius 2 is 1.85 bits per heavy atom. The van der Waals surface area contributed by atoms with Gasteiger partial charge < -0.3 is 20.1 Å². The van der Waals surface area contributed by atoms with E-state index in [-0.39, 0.29) is 11.3 Å². The van der Waals surface area contributed by atoms with E-state index >= 15 is 0 Å². The fourth-order valence-electron chi connectivity index (χ4n) is 7.72. The summed E-state index contributed by atoms with van der Waals surface area (Å²) < 4.78 is 20.8. The van der Waals surface area contributed by atoms with Crippen molar-refractivity contribution in [2.75, 3.05) is 37.7 Å². The van der Waals surface area contributed by atoms with Crippen LogP contribution in [-0.2, 0) is 0 Å². The first kappa shape index (κ1) is 24.3. The molecule has 3 aromatic carbocycles. The topological polar surface area (TPSA) is 73.8 Å². The molecule has 4 atom stereocenters. The maximum absolute atomic E-state index is 14.4. The predicted molar refractivity (Wildman–Crippen MR) is 155 cm³/mol. The predicted octanol–water partition coefficient (Wildman–Crippen LogP) is 5.05. The number of halogens is 1. The first-order chi connectivity index (χ1) is 19.5. The normalized spacial score (nSPS) is 28.0. The molecule has 8 rings (SSSR count). The van der Waals surface area contributed by atoms with Crippen LogP contribution in [0.3, 0.4) is 0 Å². The van der Waals surface area contributed by atoms with Gasteiger partial charge in [-0.15, -0.1) is 0 Å². The summed E-state index contributed by atoms with van der Waals surface area (Å²) in [4.78, 5) is 14.5. The van der Waals surface area contributed by atoms with Gasteiger partial charge in [-0.2, -0.15) is 9.97 Å². The first-order valence-corrected chi connectivity index (χ1v) is 14.6. The van der Waals surface area contributed by atoms with Crippen LogP contribution >= 0.6 is 0 Å². The van der Waals surface area contributed by atoms with Crippen LogP contribution in [0.15, 0.2) is 54.6 Å². The van der Waals surface area contributed by atoms with Gasteiger partial charge >= 0.3 is 6.01 Å². The fourth-order valence-corrected chi connectivity index (χ4v) is 7.72. The van der Waals surface area contributed by atoms with Crippen LogP contribution in [0.2, 0.25) is 0 Å². The van der Waals surface area contributed by atoms with Gasteiger partial charge in [-0.1, -0.05) is 30.3 Å². The lowest BCUT2D eigenvalue weighted by Crippen LogP contribution is -2.51. The van der Waals surface area contributed by atoms with Crippen molar-refractivity contribution in [3.63, 3.8) is 0 Å². The quantitative estimate of drug-likeness (QED) is 0.368. The summed E-state index contributed by atoms with van der Waals surface area (Å²) in [5.41, 5.74) is 2.49. The molecule has 0 amide bonds.